The zero-order chi connectivity index (χ0) is 23.0. The van der Waals surface area contributed by atoms with Gasteiger partial charge in [-0.15, -0.1) is 11.3 Å². The lowest BCUT2D eigenvalue weighted by Gasteiger charge is -2.34. The zero-order valence-corrected chi connectivity index (χ0v) is 19.7. The number of aromatic nitrogens is 3. The van der Waals surface area contributed by atoms with Crippen molar-refractivity contribution in [2.75, 3.05) is 18.4 Å². The number of nitrogens with zero attached hydrogens (tertiary/aromatic N) is 4. The molecule has 1 aliphatic heterocycles. The molecular weight excluding hydrogens is 450 g/mol. The number of nitrogens with one attached hydrogen (secondary N) is 1. The van der Waals surface area contributed by atoms with Crippen LogP contribution in [0.4, 0.5) is 5.82 Å². The highest BCUT2D eigenvalue weighted by Gasteiger charge is 2.35. The molecule has 0 radical (unpaired) electrons. The molecule has 1 amide bonds. The van der Waals surface area contributed by atoms with Gasteiger partial charge in [-0.25, -0.2) is 18.4 Å². The van der Waals surface area contributed by atoms with Gasteiger partial charge >= 0.3 is 0 Å². The number of pyridine rings is 1. The predicted octanol–water partition coefficient (Wildman–Crippen LogP) is 2.47. The largest absolute Gasteiger partial charge is 0.309 e. The second-order valence-corrected chi connectivity index (χ2v) is 11.5. The Kier molecular flexibility index (Phi) is 6.15. The fourth-order valence-corrected chi connectivity index (χ4v) is 7.59. The maximum absolute atomic E-state index is 13.6. The summed E-state index contributed by atoms with van der Waals surface area (Å²) >= 11 is 1.17. The molecule has 2 unspecified atom stereocenters. The minimum absolute atomic E-state index is 0.00999. The topological polar surface area (TPSA) is 114 Å². The van der Waals surface area contributed by atoms with Gasteiger partial charge in [-0.3, -0.25) is 14.2 Å². The van der Waals surface area contributed by atoms with Crippen LogP contribution in [0, 0.1) is 18.8 Å². The molecule has 1 saturated heterocycles. The summed E-state index contributed by atoms with van der Waals surface area (Å²) in [5, 5.41) is 2.66. The Bertz CT molecular complexity index is 1310. The molecular formula is C21H25N5O4S2. The van der Waals surface area contributed by atoms with Crippen molar-refractivity contribution in [3.05, 3.63) is 46.0 Å². The molecule has 1 fully saturated rings. The van der Waals surface area contributed by atoms with E-state index in [4.69, 9.17) is 0 Å². The Labute approximate surface area is 190 Å². The molecule has 1 N–H and O–H groups in total. The predicted molar refractivity (Wildman–Crippen MR) is 123 cm³/mol. The molecule has 11 heteroatoms. The summed E-state index contributed by atoms with van der Waals surface area (Å²) in [5.41, 5.74) is -0.549. The molecule has 0 spiro atoms. The second kappa shape index (κ2) is 8.72. The number of hydrogen-bond donors (Lipinski definition) is 1. The number of amides is 1. The average molecular weight is 476 g/mol. The quantitative estimate of drug-likeness (QED) is 0.606. The van der Waals surface area contributed by atoms with Crippen molar-refractivity contribution in [3.8, 4) is 0 Å². The number of hydrogen-bond acceptors (Lipinski definition) is 7. The van der Waals surface area contributed by atoms with Crippen LogP contribution in [0.15, 0.2) is 40.4 Å². The summed E-state index contributed by atoms with van der Waals surface area (Å²) in [5.74, 6) is 0.386. The van der Waals surface area contributed by atoms with Gasteiger partial charge in [-0.2, -0.15) is 4.31 Å². The molecule has 0 aromatic carbocycles. The molecule has 170 valence electrons. The van der Waals surface area contributed by atoms with Crippen molar-refractivity contribution in [1.82, 2.24) is 18.8 Å². The number of aryl methyl sites for hydroxylation is 1. The molecule has 9 nitrogen and oxygen atoms in total. The number of fused-ring (bicyclic) bond motifs is 1. The maximum atomic E-state index is 13.6. The monoisotopic (exact) mass is 475 g/mol. The van der Waals surface area contributed by atoms with E-state index in [1.54, 1.807) is 31.3 Å². The van der Waals surface area contributed by atoms with Crippen LogP contribution in [-0.4, -0.2) is 46.3 Å². The maximum Gasteiger partial charge on any atom is 0.263 e. The second-order valence-electron chi connectivity index (χ2n) is 8.38. The Morgan fingerprint density at radius 1 is 1.22 bits per heavy atom. The van der Waals surface area contributed by atoms with E-state index in [1.807, 2.05) is 13.8 Å². The third-order valence-electron chi connectivity index (χ3n) is 5.48. The van der Waals surface area contributed by atoms with E-state index in [9.17, 15) is 18.0 Å². The summed E-state index contributed by atoms with van der Waals surface area (Å²) in [7, 11) is -3.88. The number of rotatable bonds is 5. The van der Waals surface area contributed by atoms with Gasteiger partial charge in [0.25, 0.3) is 5.56 Å². The molecule has 4 rings (SSSR count). The van der Waals surface area contributed by atoms with Crippen molar-refractivity contribution < 1.29 is 13.2 Å². The first-order valence-electron chi connectivity index (χ1n) is 10.4. The van der Waals surface area contributed by atoms with Crippen molar-refractivity contribution in [1.29, 1.82) is 0 Å². The lowest BCUT2D eigenvalue weighted by Crippen LogP contribution is -2.42. The lowest BCUT2D eigenvalue weighted by atomic mass is 9.94. The Hall–Kier alpha value is -2.63. The van der Waals surface area contributed by atoms with Crippen LogP contribution in [0.5, 0.6) is 0 Å². The van der Waals surface area contributed by atoms with Crippen molar-refractivity contribution in [2.24, 2.45) is 11.8 Å². The van der Waals surface area contributed by atoms with Crippen LogP contribution in [0.3, 0.4) is 0 Å². The molecule has 3 aromatic heterocycles. The normalized spacial score (nSPS) is 19.8. The first kappa shape index (κ1) is 22.6. The number of piperidine rings is 1. The van der Waals surface area contributed by atoms with Crippen LogP contribution in [0.2, 0.25) is 0 Å². The van der Waals surface area contributed by atoms with Crippen molar-refractivity contribution in [2.45, 2.75) is 38.6 Å². The third-order valence-corrected chi connectivity index (χ3v) is 8.63. The Morgan fingerprint density at radius 2 is 1.94 bits per heavy atom. The number of carbonyl (C=O) groups excluding carboxylic acids is 1. The Morgan fingerprint density at radius 3 is 2.59 bits per heavy atom. The van der Waals surface area contributed by atoms with Gasteiger partial charge in [0.15, 0.2) is 0 Å². The summed E-state index contributed by atoms with van der Waals surface area (Å²) in [6.07, 6.45) is 3.79. The van der Waals surface area contributed by atoms with Crippen LogP contribution in [-0.2, 0) is 21.4 Å². The molecule has 2 atom stereocenters. The zero-order valence-electron chi connectivity index (χ0n) is 18.1. The third kappa shape index (κ3) is 4.32. The van der Waals surface area contributed by atoms with E-state index >= 15 is 0 Å². The summed E-state index contributed by atoms with van der Waals surface area (Å²) in [6, 6.07) is 5.09. The molecule has 32 heavy (non-hydrogen) atoms. The summed E-state index contributed by atoms with van der Waals surface area (Å²) in [4.78, 5) is 34.9. The van der Waals surface area contributed by atoms with Gasteiger partial charge in [-0.05, 0) is 37.3 Å². The molecule has 4 heterocycles. The van der Waals surface area contributed by atoms with Crippen LogP contribution < -0.4 is 10.9 Å². The van der Waals surface area contributed by atoms with Gasteiger partial charge in [0.1, 0.15) is 22.1 Å². The SMILES string of the molecule is Cc1sc2ncn(CC(=O)Nc3ccccn3)c(=O)c2c1S(=O)(=O)N1CC(C)CC(C)C1. The highest BCUT2D eigenvalue weighted by Crippen LogP contribution is 2.35. The molecule has 1 aliphatic rings. The van der Waals surface area contributed by atoms with E-state index in [-0.39, 0.29) is 28.7 Å². The fraction of sp³-hybridized carbons (Fsp3) is 0.429. The minimum atomic E-state index is -3.88. The molecule has 0 bridgehead atoms. The van der Waals surface area contributed by atoms with Gasteiger partial charge in [0.2, 0.25) is 15.9 Å². The molecule has 3 aromatic rings. The van der Waals surface area contributed by atoms with E-state index in [0.29, 0.717) is 28.6 Å². The minimum Gasteiger partial charge on any atom is -0.309 e. The molecule has 0 aliphatic carbocycles. The highest BCUT2D eigenvalue weighted by atomic mass is 32.2. The van der Waals surface area contributed by atoms with Crippen molar-refractivity contribution in [3.63, 3.8) is 0 Å². The van der Waals surface area contributed by atoms with E-state index in [1.165, 1.54) is 22.0 Å². The van der Waals surface area contributed by atoms with Gasteiger partial charge < -0.3 is 5.32 Å². The van der Waals surface area contributed by atoms with Gasteiger partial charge in [0.05, 0.1) is 11.7 Å². The lowest BCUT2D eigenvalue weighted by molar-refractivity contribution is -0.116. The Balaban J connectivity index is 1.71. The first-order chi connectivity index (χ1) is 15.2. The van der Waals surface area contributed by atoms with E-state index in [2.05, 4.69) is 15.3 Å². The van der Waals surface area contributed by atoms with Crippen LogP contribution >= 0.6 is 11.3 Å². The van der Waals surface area contributed by atoms with Gasteiger partial charge in [-0.1, -0.05) is 19.9 Å². The van der Waals surface area contributed by atoms with Crippen molar-refractivity contribution >= 4 is 43.3 Å². The average Bonchev–Trinajstić information content (AvgIpc) is 3.07. The number of anilines is 1. The number of carbonyl (C=O) groups is 1. The van der Waals surface area contributed by atoms with E-state index in [0.717, 1.165) is 11.0 Å². The summed E-state index contributed by atoms with van der Waals surface area (Å²) < 4.78 is 29.7. The summed E-state index contributed by atoms with van der Waals surface area (Å²) in [6.45, 7) is 6.30. The first-order valence-corrected chi connectivity index (χ1v) is 12.6. The van der Waals surface area contributed by atoms with Gasteiger partial charge in [0, 0.05) is 24.2 Å². The fourth-order valence-electron chi connectivity index (χ4n) is 4.24. The number of thiophene rings is 1. The van der Waals surface area contributed by atoms with Crippen LogP contribution in [0.25, 0.3) is 10.2 Å². The number of sulfonamides is 1. The highest BCUT2D eigenvalue weighted by molar-refractivity contribution is 7.89. The van der Waals surface area contributed by atoms with E-state index < -0.39 is 21.5 Å². The molecule has 0 saturated carbocycles. The van der Waals surface area contributed by atoms with Crippen LogP contribution in [0.1, 0.15) is 25.1 Å². The standard InChI is InChI=1S/C21H25N5O4S2/c1-13-8-14(2)10-26(9-13)32(29,30)19-15(3)31-20-18(19)21(28)25(12-23-20)11-17(27)24-16-6-4-5-7-22-16/h4-7,12-14H,8-11H2,1-3H3,(H,22,24,27). The smallest absolute Gasteiger partial charge is 0.263 e.